The molecule has 24 heavy (non-hydrogen) atoms. The molecule has 7 heteroatoms. The smallest absolute Gasteiger partial charge is 0.258 e. The van der Waals surface area contributed by atoms with E-state index < -0.39 is 0 Å². The van der Waals surface area contributed by atoms with Gasteiger partial charge in [0.25, 0.3) is 5.91 Å². The van der Waals surface area contributed by atoms with E-state index in [1.54, 1.807) is 35.3 Å². The molecule has 0 radical (unpaired) electrons. The SMILES string of the molecule is CN(C)CCn1cnc(NC(=O)c2cccc3cc(F)ccc23)n1. The zero-order chi connectivity index (χ0) is 17.1. The number of nitrogens with zero attached hydrogens (tertiary/aromatic N) is 4. The first-order chi connectivity index (χ1) is 11.5. The van der Waals surface area contributed by atoms with Crippen molar-refractivity contribution < 1.29 is 9.18 Å². The Hall–Kier alpha value is -2.80. The summed E-state index contributed by atoms with van der Waals surface area (Å²) in [5.74, 6) is -0.406. The molecule has 2 aromatic carbocycles. The predicted octanol–water partition coefficient (Wildman–Crippen LogP) is 2.38. The van der Waals surface area contributed by atoms with E-state index in [-0.39, 0.29) is 17.7 Å². The Morgan fingerprint density at radius 1 is 1.29 bits per heavy atom. The first kappa shape index (κ1) is 16.1. The molecule has 0 fully saturated rings. The number of carbonyl (C=O) groups excluding carboxylic acids is 1. The van der Waals surface area contributed by atoms with Gasteiger partial charge < -0.3 is 4.90 Å². The highest BCUT2D eigenvalue weighted by molar-refractivity contribution is 6.12. The molecule has 0 atom stereocenters. The van der Waals surface area contributed by atoms with Crippen LogP contribution in [0.15, 0.2) is 42.7 Å². The van der Waals surface area contributed by atoms with E-state index in [1.165, 1.54) is 12.1 Å². The highest BCUT2D eigenvalue weighted by atomic mass is 19.1. The zero-order valence-electron chi connectivity index (χ0n) is 13.5. The van der Waals surface area contributed by atoms with E-state index in [0.29, 0.717) is 22.9 Å². The van der Waals surface area contributed by atoms with Crippen molar-refractivity contribution in [1.29, 1.82) is 0 Å². The first-order valence-corrected chi connectivity index (χ1v) is 7.57. The fraction of sp³-hybridized carbons (Fsp3) is 0.235. The van der Waals surface area contributed by atoms with Crippen LogP contribution in [0, 0.1) is 5.82 Å². The van der Waals surface area contributed by atoms with Crippen LogP contribution in [-0.4, -0.2) is 46.2 Å². The van der Waals surface area contributed by atoms with Crippen molar-refractivity contribution in [2.75, 3.05) is 26.0 Å². The van der Waals surface area contributed by atoms with Crippen LogP contribution in [0.4, 0.5) is 10.3 Å². The van der Waals surface area contributed by atoms with Gasteiger partial charge in [-0.15, -0.1) is 5.10 Å². The number of hydrogen-bond acceptors (Lipinski definition) is 4. The summed E-state index contributed by atoms with van der Waals surface area (Å²) in [5.41, 5.74) is 0.456. The maximum absolute atomic E-state index is 13.3. The molecule has 1 aromatic heterocycles. The Morgan fingerprint density at radius 2 is 2.12 bits per heavy atom. The van der Waals surface area contributed by atoms with Gasteiger partial charge in [0.2, 0.25) is 5.95 Å². The summed E-state index contributed by atoms with van der Waals surface area (Å²) in [7, 11) is 3.95. The molecule has 1 amide bonds. The van der Waals surface area contributed by atoms with Crippen molar-refractivity contribution in [2.24, 2.45) is 0 Å². The third-order valence-electron chi connectivity index (χ3n) is 3.63. The van der Waals surface area contributed by atoms with Gasteiger partial charge in [0.05, 0.1) is 6.54 Å². The minimum atomic E-state index is -0.332. The minimum Gasteiger partial charge on any atom is -0.308 e. The summed E-state index contributed by atoms with van der Waals surface area (Å²) in [4.78, 5) is 18.6. The van der Waals surface area contributed by atoms with E-state index in [9.17, 15) is 9.18 Å². The molecule has 0 saturated heterocycles. The monoisotopic (exact) mass is 327 g/mol. The normalized spacial score (nSPS) is 11.2. The van der Waals surface area contributed by atoms with Crippen molar-refractivity contribution in [1.82, 2.24) is 19.7 Å². The molecule has 0 saturated carbocycles. The Balaban J connectivity index is 1.78. The number of amides is 1. The molecule has 1 N–H and O–H groups in total. The first-order valence-electron chi connectivity index (χ1n) is 7.57. The molecule has 0 aliphatic carbocycles. The summed E-state index contributed by atoms with van der Waals surface area (Å²) in [5, 5.41) is 8.27. The highest BCUT2D eigenvalue weighted by Crippen LogP contribution is 2.20. The second-order valence-electron chi connectivity index (χ2n) is 5.76. The molecule has 0 bridgehead atoms. The van der Waals surface area contributed by atoms with Crippen LogP contribution in [-0.2, 0) is 6.54 Å². The second kappa shape index (κ2) is 6.76. The molecule has 124 valence electrons. The lowest BCUT2D eigenvalue weighted by Gasteiger charge is -2.08. The molecule has 0 unspecified atom stereocenters. The minimum absolute atomic E-state index is 0.248. The van der Waals surface area contributed by atoms with Crippen LogP contribution in [0.2, 0.25) is 0 Å². The molecular weight excluding hydrogens is 309 g/mol. The number of benzene rings is 2. The third kappa shape index (κ3) is 3.57. The molecular formula is C17H18FN5O. The molecule has 0 aliphatic rings. The number of rotatable bonds is 5. The second-order valence-corrected chi connectivity index (χ2v) is 5.76. The van der Waals surface area contributed by atoms with Gasteiger partial charge in [-0.25, -0.2) is 14.1 Å². The number of carbonyl (C=O) groups is 1. The molecule has 0 aliphatic heterocycles. The van der Waals surface area contributed by atoms with Gasteiger partial charge in [0.1, 0.15) is 12.1 Å². The summed E-state index contributed by atoms with van der Waals surface area (Å²) >= 11 is 0. The third-order valence-corrected chi connectivity index (χ3v) is 3.63. The van der Waals surface area contributed by atoms with Crippen molar-refractivity contribution in [3.8, 4) is 0 Å². The summed E-state index contributed by atoms with van der Waals surface area (Å²) in [6, 6.07) is 9.53. The van der Waals surface area contributed by atoms with Crippen LogP contribution in [0.3, 0.4) is 0 Å². The molecule has 1 heterocycles. The average Bonchev–Trinajstić information content (AvgIpc) is 2.99. The largest absolute Gasteiger partial charge is 0.308 e. The van der Waals surface area contributed by atoms with Crippen molar-refractivity contribution in [2.45, 2.75) is 6.54 Å². The predicted molar refractivity (Wildman–Crippen MR) is 90.4 cm³/mol. The van der Waals surface area contributed by atoms with Crippen molar-refractivity contribution in [3.05, 3.63) is 54.1 Å². The highest BCUT2D eigenvalue weighted by Gasteiger charge is 2.12. The number of anilines is 1. The molecule has 3 rings (SSSR count). The number of likely N-dealkylation sites (N-methyl/N-ethyl adjacent to an activating group) is 1. The van der Waals surface area contributed by atoms with Gasteiger partial charge in [-0.05, 0) is 43.1 Å². The topological polar surface area (TPSA) is 63.1 Å². The van der Waals surface area contributed by atoms with E-state index in [2.05, 4.69) is 15.4 Å². The Kier molecular flexibility index (Phi) is 4.52. The fourth-order valence-electron chi connectivity index (χ4n) is 2.38. The average molecular weight is 327 g/mol. The van der Waals surface area contributed by atoms with Crippen LogP contribution in [0.25, 0.3) is 10.8 Å². The van der Waals surface area contributed by atoms with Gasteiger partial charge in [-0.3, -0.25) is 10.1 Å². The standard InChI is InChI=1S/C17H18FN5O/c1-22(2)8-9-23-11-19-17(21-23)20-16(24)15-5-3-4-12-10-13(18)6-7-14(12)15/h3-7,10-11H,8-9H2,1-2H3,(H,20,21,24). The van der Waals surface area contributed by atoms with E-state index >= 15 is 0 Å². The number of hydrogen-bond donors (Lipinski definition) is 1. The number of aromatic nitrogens is 3. The molecule has 0 spiro atoms. The Labute approximate surface area is 138 Å². The van der Waals surface area contributed by atoms with Gasteiger partial charge in [-0.2, -0.15) is 0 Å². The van der Waals surface area contributed by atoms with E-state index in [4.69, 9.17) is 0 Å². The van der Waals surface area contributed by atoms with Gasteiger partial charge in [0, 0.05) is 12.1 Å². The van der Waals surface area contributed by atoms with E-state index in [0.717, 1.165) is 6.54 Å². The maximum atomic E-state index is 13.3. The summed E-state index contributed by atoms with van der Waals surface area (Å²) in [6.07, 6.45) is 1.58. The maximum Gasteiger partial charge on any atom is 0.258 e. The number of halogens is 1. The van der Waals surface area contributed by atoms with Gasteiger partial charge in [-0.1, -0.05) is 18.2 Å². The Bertz CT molecular complexity index is 874. The zero-order valence-corrected chi connectivity index (χ0v) is 13.5. The number of nitrogens with one attached hydrogen (secondary N) is 1. The van der Waals surface area contributed by atoms with Crippen molar-refractivity contribution in [3.63, 3.8) is 0 Å². The van der Waals surface area contributed by atoms with Crippen molar-refractivity contribution >= 4 is 22.6 Å². The van der Waals surface area contributed by atoms with Crippen LogP contribution in [0.5, 0.6) is 0 Å². The summed E-state index contributed by atoms with van der Waals surface area (Å²) < 4.78 is 15.0. The lowest BCUT2D eigenvalue weighted by Crippen LogP contribution is -2.19. The van der Waals surface area contributed by atoms with Crippen LogP contribution >= 0.6 is 0 Å². The van der Waals surface area contributed by atoms with Gasteiger partial charge >= 0.3 is 0 Å². The Morgan fingerprint density at radius 3 is 2.92 bits per heavy atom. The molecule has 6 nitrogen and oxygen atoms in total. The number of fused-ring (bicyclic) bond motifs is 1. The quantitative estimate of drug-likeness (QED) is 0.781. The van der Waals surface area contributed by atoms with E-state index in [1.807, 2.05) is 19.0 Å². The van der Waals surface area contributed by atoms with Crippen LogP contribution in [0.1, 0.15) is 10.4 Å². The molecule has 3 aromatic rings. The fourth-order valence-corrected chi connectivity index (χ4v) is 2.38. The lowest BCUT2D eigenvalue weighted by molar-refractivity contribution is 0.102. The van der Waals surface area contributed by atoms with Gasteiger partial charge in [0.15, 0.2) is 0 Å². The summed E-state index contributed by atoms with van der Waals surface area (Å²) in [6.45, 7) is 1.51. The van der Waals surface area contributed by atoms with Crippen LogP contribution < -0.4 is 5.32 Å². The lowest BCUT2D eigenvalue weighted by atomic mass is 10.0.